The first-order valence-corrected chi connectivity index (χ1v) is 10.1. The average Bonchev–Trinajstić information content (AvgIpc) is 3.40. The van der Waals surface area contributed by atoms with E-state index >= 15 is 0 Å². The number of fused-ring (bicyclic) bond motifs is 2. The molecule has 0 aliphatic heterocycles. The highest BCUT2D eigenvalue weighted by molar-refractivity contribution is 5.90. The van der Waals surface area contributed by atoms with E-state index in [1.807, 2.05) is 48.5 Å². The first-order chi connectivity index (χ1) is 14.6. The van der Waals surface area contributed by atoms with Crippen LogP contribution in [-0.4, -0.2) is 31.4 Å². The Labute approximate surface area is 175 Å². The Hall–Kier alpha value is -3.34. The molecule has 0 spiro atoms. The maximum atomic E-state index is 11.1. The molecule has 0 radical (unpaired) electrons. The van der Waals surface area contributed by atoms with E-state index in [1.54, 1.807) is 14.2 Å². The van der Waals surface area contributed by atoms with Crippen molar-refractivity contribution < 1.29 is 19.1 Å². The maximum Gasteiger partial charge on any atom is 0.166 e. The van der Waals surface area contributed by atoms with Crippen molar-refractivity contribution in [3.05, 3.63) is 64.9 Å². The summed E-state index contributed by atoms with van der Waals surface area (Å²) in [5.41, 5.74) is 5.02. The number of aldehydes is 2. The van der Waals surface area contributed by atoms with E-state index in [1.165, 1.54) is 18.4 Å². The molecule has 0 unspecified atom stereocenters. The number of rotatable bonds is 6. The van der Waals surface area contributed by atoms with Crippen LogP contribution in [0.1, 0.15) is 34.5 Å². The van der Waals surface area contributed by atoms with Crippen molar-refractivity contribution in [3.63, 3.8) is 0 Å². The quantitative estimate of drug-likeness (QED) is 0.560. The highest BCUT2D eigenvalue weighted by Crippen LogP contribution is 2.33. The lowest BCUT2D eigenvalue weighted by atomic mass is 10.1. The summed E-state index contributed by atoms with van der Waals surface area (Å²) >= 11 is 0. The third-order valence-corrected chi connectivity index (χ3v) is 5.64. The summed E-state index contributed by atoms with van der Waals surface area (Å²) in [5, 5.41) is 1.08. The molecule has 0 amide bonds. The minimum atomic E-state index is 0.753. The lowest BCUT2D eigenvalue weighted by Crippen LogP contribution is -2.03. The van der Waals surface area contributed by atoms with Crippen LogP contribution in [0.4, 0.5) is 0 Å². The molecule has 1 fully saturated rings. The van der Waals surface area contributed by atoms with Gasteiger partial charge in [-0.15, -0.1) is 0 Å². The van der Waals surface area contributed by atoms with Gasteiger partial charge >= 0.3 is 0 Å². The van der Waals surface area contributed by atoms with Gasteiger partial charge in [0.05, 0.1) is 19.9 Å². The number of benzene rings is 2. The van der Waals surface area contributed by atoms with Gasteiger partial charge < -0.3 is 14.0 Å². The fourth-order valence-corrected chi connectivity index (χ4v) is 3.80. The molecule has 0 saturated heterocycles. The second kappa shape index (κ2) is 8.57. The van der Waals surface area contributed by atoms with Gasteiger partial charge in [0.2, 0.25) is 0 Å². The van der Waals surface area contributed by atoms with Crippen LogP contribution >= 0.6 is 0 Å². The van der Waals surface area contributed by atoms with Gasteiger partial charge in [0, 0.05) is 23.9 Å². The van der Waals surface area contributed by atoms with Crippen LogP contribution in [-0.2, 0) is 17.8 Å². The molecule has 2 aliphatic carbocycles. The van der Waals surface area contributed by atoms with Gasteiger partial charge in [0.15, 0.2) is 6.29 Å². The molecule has 154 valence electrons. The van der Waals surface area contributed by atoms with Crippen molar-refractivity contribution >= 4 is 29.6 Å². The zero-order chi connectivity index (χ0) is 21.1. The van der Waals surface area contributed by atoms with Gasteiger partial charge in [0.25, 0.3) is 0 Å². The molecule has 0 atom stereocenters. The third-order valence-electron chi connectivity index (χ3n) is 5.64. The Bertz CT molecular complexity index is 1120. The molecule has 1 aromatic heterocycles. The van der Waals surface area contributed by atoms with E-state index in [-0.39, 0.29) is 0 Å². The molecule has 2 aromatic carbocycles. The summed E-state index contributed by atoms with van der Waals surface area (Å²) < 4.78 is 12.4. The normalized spacial score (nSPS) is 14.4. The summed E-state index contributed by atoms with van der Waals surface area (Å²) in [4.78, 5) is 21.6. The smallest absolute Gasteiger partial charge is 0.166 e. The number of carbonyl (C=O) groups excluding carboxylic acids is 2. The maximum absolute atomic E-state index is 11.1. The first kappa shape index (κ1) is 20.0. The minimum absolute atomic E-state index is 0.753. The van der Waals surface area contributed by atoms with Gasteiger partial charge in [-0.2, -0.15) is 0 Å². The van der Waals surface area contributed by atoms with Crippen LogP contribution in [0.3, 0.4) is 0 Å². The van der Waals surface area contributed by atoms with E-state index in [4.69, 9.17) is 9.47 Å². The van der Waals surface area contributed by atoms with Crippen molar-refractivity contribution in [1.29, 1.82) is 0 Å². The summed E-state index contributed by atoms with van der Waals surface area (Å²) in [5.74, 6) is 2.42. The first-order valence-electron chi connectivity index (χ1n) is 10.1. The van der Waals surface area contributed by atoms with Crippen molar-refractivity contribution in [2.45, 2.75) is 25.8 Å². The number of ether oxygens (including phenoxy) is 2. The fourth-order valence-electron chi connectivity index (χ4n) is 3.80. The zero-order valence-electron chi connectivity index (χ0n) is 17.3. The lowest BCUT2D eigenvalue weighted by molar-refractivity contribution is -0.104. The van der Waals surface area contributed by atoms with Gasteiger partial charge in [-0.05, 0) is 77.9 Å². The molecule has 2 aliphatic rings. The molecular formula is C25H25NO4. The molecule has 5 nitrogen and oxygen atoms in total. The van der Waals surface area contributed by atoms with Crippen LogP contribution in [0.2, 0.25) is 0 Å². The molecule has 0 N–H and O–H groups in total. The average molecular weight is 403 g/mol. The third kappa shape index (κ3) is 4.15. The number of allylic oxidation sites excluding steroid dienone is 1. The number of aromatic nitrogens is 1. The van der Waals surface area contributed by atoms with E-state index < -0.39 is 0 Å². The highest BCUT2D eigenvalue weighted by Gasteiger charge is 2.23. The Kier molecular flexibility index (Phi) is 5.70. The van der Waals surface area contributed by atoms with Crippen molar-refractivity contribution in [3.8, 4) is 11.5 Å². The minimum Gasteiger partial charge on any atom is -0.497 e. The molecule has 1 heterocycles. The Morgan fingerprint density at radius 3 is 2.37 bits per heavy atom. The van der Waals surface area contributed by atoms with E-state index in [2.05, 4.69) is 4.57 Å². The predicted octanol–water partition coefficient (Wildman–Crippen LogP) is 4.71. The standard InChI is InChI=1S/C14H15NO2.C11H10O2/c1-17-13-4-5-14-11(7-13)6-12(9-16)15(14)8-10-2-3-10;1-13-11-3-2-9-4-8(7-12)5-10(9)6-11/h4-7,9-10H,2-3,8H2,1H3;2-3,5-7H,4H2,1H3. The van der Waals surface area contributed by atoms with Crippen LogP contribution in [0.15, 0.2) is 48.0 Å². The predicted molar refractivity (Wildman–Crippen MR) is 117 cm³/mol. The Morgan fingerprint density at radius 2 is 1.70 bits per heavy atom. The number of nitrogens with zero attached hydrogens (tertiary/aromatic N) is 1. The lowest BCUT2D eigenvalue weighted by Gasteiger charge is -2.06. The number of carbonyl (C=O) groups is 2. The van der Waals surface area contributed by atoms with Gasteiger partial charge in [-0.3, -0.25) is 9.59 Å². The number of methoxy groups -OCH3 is 2. The van der Waals surface area contributed by atoms with Crippen molar-refractivity contribution in [2.24, 2.45) is 5.92 Å². The van der Waals surface area contributed by atoms with E-state index in [0.29, 0.717) is 0 Å². The zero-order valence-corrected chi connectivity index (χ0v) is 17.3. The van der Waals surface area contributed by atoms with Crippen LogP contribution < -0.4 is 9.47 Å². The molecule has 1 saturated carbocycles. The molecule has 5 rings (SSSR count). The van der Waals surface area contributed by atoms with Crippen LogP contribution in [0.5, 0.6) is 11.5 Å². The molecule has 3 aromatic rings. The summed E-state index contributed by atoms with van der Waals surface area (Å²) in [6.07, 6.45) is 7.08. The SMILES string of the molecule is COc1ccc2c(c1)C=C(C=O)C2.COc1ccc2c(c1)cc(C=O)n2CC1CC1. The highest BCUT2D eigenvalue weighted by atomic mass is 16.5. The summed E-state index contributed by atoms with van der Waals surface area (Å²) in [7, 11) is 3.30. The van der Waals surface area contributed by atoms with Crippen molar-refractivity contribution in [2.75, 3.05) is 14.2 Å². The largest absolute Gasteiger partial charge is 0.497 e. The Morgan fingerprint density at radius 1 is 0.967 bits per heavy atom. The van der Waals surface area contributed by atoms with Crippen molar-refractivity contribution in [1.82, 2.24) is 4.57 Å². The molecule has 0 bridgehead atoms. The molecular weight excluding hydrogens is 378 g/mol. The van der Waals surface area contributed by atoms with Gasteiger partial charge in [0.1, 0.15) is 17.8 Å². The van der Waals surface area contributed by atoms with Crippen LogP contribution in [0.25, 0.3) is 17.0 Å². The second-order valence-electron chi connectivity index (χ2n) is 7.74. The van der Waals surface area contributed by atoms with Gasteiger partial charge in [-0.25, -0.2) is 0 Å². The topological polar surface area (TPSA) is 57.5 Å². The van der Waals surface area contributed by atoms with Gasteiger partial charge in [-0.1, -0.05) is 6.07 Å². The second-order valence-corrected chi connectivity index (χ2v) is 7.74. The number of hydrogen-bond acceptors (Lipinski definition) is 4. The monoisotopic (exact) mass is 403 g/mol. The Balaban J connectivity index is 0.000000151. The number of hydrogen-bond donors (Lipinski definition) is 0. The van der Waals surface area contributed by atoms with E-state index in [9.17, 15) is 9.59 Å². The summed E-state index contributed by atoms with van der Waals surface area (Å²) in [6.45, 7) is 0.962. The summed E-state index contributed by atoms with van der Waals surface area (Å²) in [6, 6.07) is 13.8. The molecule has 30 heavy (non-hydrogen) atoms. The fraction of sp³-hybridized carbons (Fsp3) is 0.280. The van der Waals surface area contributed by atoms with E-state index in [0.717, 1.165) is 70.7 Å². The molecule has 5 heteroatoms. The van der Waals surface area contributed by atoms with Crippen LogP contribution in [0, 0.1) is 5.92 Å².